The van der Waals surface area contributed by atoms with E-state index in [1.807, 2.05) is 0 Å². The Morgan fingerprint density at radius 1 is 1.00 bits per heavy atom. The summed E-state index contributed by atoms with van der Waals surface area (Å²) in [6, 6.07) is 8.69. The summed E-state index contributed by atoms with van der Waals surface area (Å²) in [5.74, 6) is -0.847. The average Bonchev–Trinajstić information content (AvgIpc) is 3.05. The van der Waals surface area contributed by atoms with Gasteiger partial charge in [0.2, 0.25) is 20.0 Å². The Bertz CT molecular complexity index is 1200. The number of nitrogens with one attached hydrogen (secondary N) is 1. The SMILES string of the molecule is CNS(=O)(=O)c1cc(C(=O)N2CCCN(S(=O)(=O)c3ccc(F)cc3)CC2)ccc1OC. The highest BCUT2D eigenvalue weighted by atomic mass is 32.2. The van der Waals surface area contributed by atoms with Crippen LogP contribution in [-0.4, -0.2) is 72.3 Å². The van der Waals surface area contributed by atoms with Crippen LogP contribution in [0.5, 0.6) is 5.75 Å². The first kappa shape index (κ1) is 24.1. The van der Waals surface area contributed by atoms with Crippen LogP contribution in [0.1, 0.15) is 16.8 Å². The number of carbonyl (C=O) groups is 1. The molecule has 1 aliphatic heterocycles. The van der Waals surface area contributed by atoms with Gasteiger partial charge in [-0.3, -0.25) is 4.79 Å². The predicted molar refractivity (Wildman–Crippen MR) is 115 cm³/mol. The molecule has 0 bridgehead atoms. The molecule has 0 aliphatic carbocycles. The van der Waals surface area contributed by atoms with E-state index >= 15 is 0 Å². The number of ether oxygens (including phenoxy) is 1. The van der Waals surface area contributed by atoms with Crippen LogP contribution < -0.4 is 9.46 Å². The molecule has 1 amide bonds. The zero-order chi connectivity index (χ0) is 23.5. The molecule has 1 heterocycles. The fourth-order valence-electron chi connectivity index (χ4n) is 3.41. The van der Waals surface area contributed by atoms with Gasteiger partial charge in [0.25, 0.3) is 5.91 Å². The van der Waals surface area contributed by atoms with Crippen molar-refractivity contribution >= 4 is 26.0 Å². The molecule has 0 atom stereocenters. The van der Waals surface area contributed by atoms with Crippen LogP contribution in [0.4, 0.5) is 4.39 Å². The van der Waals surface area contributed by atoms with E-state index < -0.39 is 31.8 Å². The third kappa shape index (κ3) is 4.93. The zero-order valence-corrected chi connectivity index (χ0v) is 19.2. The molecule has 1 saturated heterocycles. The van der Waals surface area contributed by atoms with E-state index in [-0.39, 0.29) is 40.7 Å². The molecule has 2 aromatic rings. The summed E-state index contributed by atoms with van der Waals surface area (Å²) in [5, 5.41) is 0. The molecular weight excluding hydrogens is 461 g/mol. The highest BCUT2D eigenvalue weighted by Gasteiger charge is 2.29. The Kier molecular flexibility index (Phi) is 7.18. The molecule has 9 nitrogen and oxygen atoms in total. The second-order valence-corrected chi connectivity index (χ2v) is 10.9. The number of amides is 1. The van der Waals surface area contributed by atoms with E-state index in [2.05, 4.69) is 4.72 Å². The first-order valence-corrected chi connectivity index (χ1v) is 12.7. The minimum Gasteiger partial charge on any atom is -0.495 e. The van der Waals surface area contributed by atoms with Crippen LogP contribution in [0.25, 0.3) is 0 Å². The van der Waals surface area contributed by atoms with Crippen molar-refractivity contribution in [2.75, 3.05) is 40.3 Å². The first-order chi connectivity index (χ1) is 15.1. The van der Waals surface area contributed by atoms with Crippen molar-refractivity contribution in [1.82, 2.24) is 13.9 Å². The zero-order valence-electron chi connectivity index (χ0n) is 17.6. The Morgan fingerprint density at radius 2 is 1.69 bits per heavy atom. The molecule has 174 valence electrons. The summed E-state index contributed by atoms with van der Waals surface area (Å²) in [7, 11) is -5.10. The normalized spacial score (nSPS) is 15.9. The molecule has 0 spiro atoms. The van der Waals surface area contributed by atoms with Gasteiger partial charge in [0.05, 0.1) is 12.0 Å². The summed E-state index contributed by atoms with van der Waals surface area (Å²) in [6.45, 7) is 0.683. The monoisotopic (exact) mass is 485 g/mol. The maximum atomic E-state index is 13.2. The van der Waals surface area contributed by atoms with Crippen LogP contribution in [0.3, 0.4) is 0 Å². The lowest BCUT2D eigenvalue weighted by atomic mass is 10.2. The van der Waals surface area contributed by atoms with E-state index in [4.69, 9.17) is 4.74 Å². The quantitative estimate of drug-likeness (QED) is 0.660. The highest BCUT2D eigenvalue weighted by Crippen LogP contribution is 2.26. The molecule has 0 radical (unpaired) electrons. The molecule has 2 aromatic carbocycles. The van der Waals surface area contributed by atoms with Crippen molar-refractivity contribution in [3.63, 3.8) is 0 Å². The van der Waals surface area contributed by atoms with Crippen molar-refractivity contribution in [2.45, 2.75) is 16.2 Å². The van der Waals surface area contributed by atoms with E-state index in [9.17, 15) is 26.0 Å². The number of benzene rings is 2. The van der Waals surface area contributed by atoms with Gasteiger partial charge < -0.3 is 9.64 Å². The molecule has 1 N–H and O–H groups in total. The molecule has 1 fully saturated rings. The van der Waals surface area contributed by atoms with Gasteiger partial charge in [-0.1, -0.05) is 0 Å². The second kappa shape index (κ2) is 9.53. The van der Waals surface area contributed by atoms with E-state index in [0.717, 1.165) is 12.1 Å². The molecule has 32 heavy (non-hydrogen) atoms. The molecule has 0 unspecified atom stereocenters. The summed E-state index contributed by atoms with van der Waals surface area (Å²) in [5.41, 5.74) is 0.148. The Morgan fingerprint density at radius 3 is 2.31 bits per heavy atom. The minimum atomic E-state index is -3.86. The number of rotatable bonds is 6. The fourth-order valence-corrected chi connectivity index (χ4v) is 5.79. The third-order valence-electron chi connectivity index (χ3n) is 5.16. The number of nitrogens with zero attached hydrogens (tertiary/aromatic N) is 2. The summed E-state index contributed by atoms with van der Waals surface area (Å²) in [4.78, 5) is 14.3. The Hall–Kier alpha value is -2.54. The Balaban J connectivity index is 1.80. The maximum absolute atomic E-state index is 13.2. The van der Waals surface area contributed by atoms with E-state index in [1.54, 1.807) is 0 Å². The highest BCUT2D eigenvalue weighted by molar-refractivity contribution is 7.89. The number of methoxy groups -OCH3 is 1. The van der Waals surface area contributed by atoms with Crippen molar-refractivity contribution in [1.29, 1.82) is 0 Å². The van der Waals surface area contributed by atoms with Gasteiger partial charge in [-0.15, -0.1) is 0 Å². The van der Waals surface area contributed by atoms with Gasteiger partial charge in [-0.25, -0.2) is 25.9 Å². The van der Waals surface area contributed by atoms with Gasteiger partial charge in [-0.05, 0) is 55.9 Å². The molecule has 1 aliphatic rings. The van der Waals surface area contributed by atoms with Gasteiger partial charge in [0.1, 0.15) is 16.5 Å². The fraction of sp³-hybridized carbons (Fsp3) is 0.350. The van der Waals surface area contributed by atoms with Crippen molar-refractivity contribution in [3.05, 3.63) is 53.8 Å². The predicted octanol–water partition coefficient (Wildman–Crippen LogP) is 1.28. The summed E-state index contributed by atoms with van der Waals surface area (Å²) >= 11 is 0. The standard InChI is InChI=1S/C20H24FN3O6S2/c1-22-31(26,27)19-14-15(4-9-18(19)30-2)20(25)23-10-3-11-24(13-12-23)32(28,29)17-7-5-16(21)6-8-17/h4-9,14,22H,3,10-13H2,1-2H3. The molecule has 3 rings (SSSR count). The molecule has 12 heteroatoms. The maximum Gasteiger partial charge on any atom is 0.253 e. The van der Waals surface area contributed by atoms with Crippen LogP contribution in [0, 0.1) is 5.82 Å². The molecule has 0 saturated carbocycles. The van der Waals surface area contributed by atoms with Crippen LogP contribution >= 0.6 is 0 Å². The van der Waals surface area contributed by atoms with E-state index in [1.165, 1.54) is 53.7 Å². The van der Waals surface area contributed by atoms with Gasteiger partial charge in [0, 0.05) is 31.7 Å². The van der Waals surface area contributed by atoms with Crippen molar-refractivity contribution < 1.29 is 30.8 Å². The minimum absolute atomic E-state index is 0.0178. The smallest absolute Gasteiger partial charge is 0.253 e. The average molecular weight is 486 g/mol. The van der Waals surface area contributed by atoms with Crippen LogP contribution in [-0.2, 0) is 20.0 Å². The first-order valence-electron chi connectivity index (χ1n) is 9.77. The largest absolute Gasteiger partial charge is 0.495 e. The van der Waals surface area contributed by atoms with Crippen LogP contribution in [0.15, 0.2) is 52.3 Å². The van der Waals surface area contributed by atoms with Gasteiger partial charge >= 0.3 is 0 Å². The van der Waals surface area contributed by atoms with E-state index in [0.29, 0.717) is 13.0 Å². The molecular formula is C20H24FN3O6S2. The lowest BCUT2D eigenvalue weighted by Gasteiger charge is -2.22. The van der Waals surface area contributed by atoms with Crippen molar-refractivity contribution in [3.8, 4) is 5.75 Å². The lowest BCUT2D eigenvalue weighted by Crippen LogP contribution is -2.37. The van der Waals surface area contributed by atoms with Gasteiger partial charge in [-0.2, -0.15) is 4.31 Å². The van der Waals surface area contributed by atoms with Gasteiger partial charge in [0.15, 0.2) is 0 Å². The number of hydrogen-bond acceptors (Lipinski definition) is 6. The number of hydrogen-bond donors (Lipinski definition) is 1. The van der Waals surface area contributed by atoms with Crippen molar-refractivity contribution in [2.24, 2.45) is 0 Å². The van der Waals surface area contributed by atoms with Crippen LogP contribution in [0.2, 0.25) is 0 Å². The summed E-state index contributed by atoms with van der Waals surface area (Å²) in [6.07, 6.45) is 0.393. The third-order valence-corrected chi connectivity index (χ3v) is 8.51. The Labute approximate surface area is 186 Å². The number of sulfonamides is 2. The molecule has 0 aromatic heterocycles. The lowest BCUT2D eigenvalue weighted by molar-refractivity contribution is 0.0764. The number of carbonyl (C=O) groups excluding carboxylic acids is 1. The summed E-state index contributed by atoms with van der Waals surface area (Å²) < 4.78 is 72.0. The second-order valence-electron chi connectivity index (χ2n) is 7.08. The number of halogens is 1. The topological polar surface area (TPSA) is 113 Å².